The molecule has 23 heavy (non-hydrogen) atoms. The molecule has 0 aliphatic rings. The summed E-state index contributed by atoms with van der Waals surface area (Å²) in [7, 11) is 1.34. The van der Waals surface area contributed by atoms with E-state index in [-0.39, 0.29) is 5.91 Å². The zero-order chi connectivity index (χ0) is 16.8. The fourth-order valence-corrected chi connectivity index (χ4v) is 3.36. The number of esters is 1. The highest BCUT2D eigenvalue weighted by Crippen LogP contribution is 2.36. The number of ether oxygens (including phenoxy) is 1. The molecule has 2 rings (SSSR count). The number of nitrogens with one attached hydrogen (secondary N) is 1. The molecule has 0 aliphatic carbocycles. The summed E-state index contributed by atoms with van der Waals surface area (Å²) >= 11 is 4.73. The Labute approximate surface area is 148 Å². The predicted octanol–water partition coefficient (Wildman–Crippen LogP) is 5.09. The molecule has 0 bridgehead atoms. The number of rotatable bonds is 6. The molecule has 1 amide bonds. The van der Waals surface area contributed by atoms with Crippen LogP contribution in [0.1, 0.15) is 36.5 Å². The fourth-order valence-electron chi connectivity index (χ4n) is 2.12. The summed E-state index contributed by atoms with van der Waals surface area (Å²) in [6, 6.07) is 7.66. The van der Waals surface area contributed by atoms with Gasteiger partial charge in [0.15, 0.2) is 0 Å². The van der Waals surface area contributed by atoms with E-state index in [1.54, 1.807) is 0 Å². The normalized spacial score (nSPS) is 10.4. The van der Waals surface area contributed by atoms with Crippen LogP contribution in [-0.2, 0) is 9.53 Å². The molecule has 1 N–H and O–H groups in total. The van der Waals surface area contributed by atoms with Crippen molar-refractivity contribution in [1.29, 1.82) is 0 Å². The minimum atomic E-state index is -0.449. The van der Waals surface area contributed by atoms with Gasteiger partial charge in [-0.05, 0) is 24.1 Å². The van der Waals surface area contributed by atoms with Crippen LogP contribution in [0.4, 0.5) is 5.00 Å². The van der Waals surface area contributed by atoms with E-state index < -0.39 is 5.97 Å². The minimum Gasteiger partial charge on any atom is -0.465 e. The highest BCUT2D eigenvalue weighted by Gasteiger charge is 2.22. The van der Waals surface area contributed by atoms with Crippen molar-refractivity contribution >= 4 is 44.1 Å². The van der Waals surface area contributed by atoms with Gasteiger partial charge in [-0.15, -0.1) is 11.3 Å². The zero-order valence-electron chi connectivity index (χ0n) is 13.0. The molecule has 0 spiro atoms. The van der Waals surface area contributed by atoms with Crippen molar-refractivity contribution in [2.75, 3.05) is 12.4 Å². The van der Waals surface area contributed by atoms with Crippen molar-refractivity contribution in [1.82, 2.24) is 0 Å². The number of methoxy groups -OCH3 is 1. The number of thiophene rings is 1. The Balaban J connectivity index is 2.35. The minimum absolute atomic E-state index is 0.0822. The molecule has 0 radical (unpaired) electrons. The molecular formula is C17H18BrNO3S. The second kappa shape index (κ2) is 8.26. The van der Waals surface area contributed by atoms with Gasteiger partial charge in [0.25, 0.3) is 0 Å². The average molecular weight is 396 g/mol. The van der Waals surface area contributed by atoms with Crippen molar-refractivity contribution in [2.45, 2.75) is 26.2 Å². The van der Waals surface area contributed by atoms with Crippen LogP contribution in [0.15, 0.2) is 34.1 Å². The SMILES string of the molecule is CCCCC(=O)Nc1scc(-c2ccc(Br)cc2)c1C(=O)OC. The topological polar surface area (TPSA) is 55.4 Å². The van der Waals surface area contributed by atoms with Gasteiger partial charge >= 0.3 is 5.97 Å². The number of hydrogen-bond acceptors (Lipinski definition) is 4. The summed E-state index contributed by atoms with van der Waals surface area (Å²) in [6.45, 7) is 2.03. The molecule has 1 aromatic carbocycles. The van der Waals surface area contributed by atoms with Gasteiger partial charge in [-0.2, -0.15) is 0 Å². The molecule has 4 nitrogen and oxygen atoms in total. The predicted molar refractivity (Wildman–Crippen MR) is 96.9 cm³/mol. The summed E-state index contributed by atoms with van der Waals surface area (Å²) in [5.41, 5.74) is 2.07. The van der Waals surface area contributed by atoms with Crippen molar-refractivity contribution in [3.63, 3.8) is 0 Å². The molecule has 6 heteroatoms. The third-order valence-electron chi connectivity index (χ3n) is 3.35. The number of carbonyl (C=O) groups is 2. The lowest BCUT2D eigenvalue weighted by Gasteiger charge is -2.07. The summed E-state index contributed by atoms with van der Waals surface area (Å²) in [5, 5.41) is 5.24. The van der Waals surface area contributed by atoms with Crippen LogP contribution in [0, 0.1) is 0 Å². The summed E-state index contributed by atoms with van der Waals surface area (Å²) in [6.07, 6.45) is 2.22. The first-order chi connectivity index (χ1) is 11.1. The quantitative estimate of drug-likeness (QED) is 0.692. The van der Waals surface area contributed by atoms with Crippen molar-refractivity contribution in [3.8, 4) is 11.1 Å². The molecular weight excluding hydrogens is 378 g/mol. The number of hydrogen-bond donors (Lipinski definition) is 1. The third kappa shape index (κ3) is 4.42. The van der Waals surface area contributed by atoms with E-state index in [0.29, 0.717) is 17.0 Å². The molecule has 0 unspecified atom stereocenters. The van der Waals surface area contributed by atoms with Gasteiger partial charge in [-0.25, -0.2) is 4.79 Å². The Kier molecular flexibility index (Phi) is 6.36. The second-order valence-corrected chi connectivity index (χ2v) is 6.80. The van der Waals surface area contributed by atoms with Gasteiger partial charge in [0, 0.05) is 21.8 Å². The van der Waals surface area contributed by atoms with E-state index in [9.17, 15) is 9.59 Å². The Bertz CT molecular complexity index is 694. The Hall–Kier alpha value is -1.66. The molecule has 0 aliphatic heterocycles. The first-order valence-corrected chi connectivity index (χ1v) is 8.99. The first-order valence-electron chi connectivity index (χ1n) is 7.32. The Morgan fingerprint density at radius 1 is 1.26 bits per heavy atom. The molecule has 1 heterocycles. The van der Waals surface area contributed by atoms with E-state index in [2.05, 4.69) is 21.2 Å². The maximum Gasteiger partial charge on any atom is 0.341 e. The van der Waals surface area contributed by atoms with Crippen LogP contribution in [0.25, 0.3) is 11.1 Å². The van der Waals surface area contributed by atoms with Crippen LogP contribution >= 0.6 is 27.3 Å². The molecule has 0 fully saturated rings. The zero-order valence-corrected chi connectivity index (χ0v) is 15.4. The maximum absolute atomic E-state index is 12.2. The number of halogens is 1. The highest BCUT2D eigenvalue weighted by atomic mass is 79.9. The number of anilines is 1. The van der Waals surface area contributed by atoms with E-state index in [1.165, 1.54) is 18.4 Å². The summed E-state index contributed by atoms with van der Waals surface area (Å²) in [5.74, 6) is -0.531. The second-order valence-electron chi connectivity index (χ2n) is 5.00. The van der Waals surface area contributed by atoms with Gasteiger partial charge < -0.3 is 10.1 Å². The maximum atomic E-state index is 12.2. The van der Waals surface area contributed by atoms with Gasteiger partial charge in [0.1, 0.15) is 10.6 Å². The number of carbonyl (C=O) groups excluding carboxylic acids is 2. The molecule has 0 saturated heterocycles. The fraction of sp³-hybridized carbons (Fsp3) is 0.294. The van der Waals surface area contributed by atoms with Gasteiger partial charge in [-0.3, -0.25) is 4.79 Å². The van der Waals surface area contributed by atoms with Crippen molar-refractivity contribution in [3.05, 3.63) is 39.7 Å². The first kappa shape index (κ1) is 17.7. The summed E-state index contributed by atoms with van der Waals surface area (Å²) in [4.78, 5) is 24.1. The third-order valence-corrected chi connectivity index (χ3v) is 4.77. The molecule has 2 aromatic rings. The van der Waals surface area contributed by atoms with Gasteiger partial charge in [-0.1, -0.05) is 41.4 Å². The standard InChI is InChI=1S/C17H18BrNO3S/c1-3-4-5-14(20)19-16-15(17(21)22-2)13(10-23-16)11-6-8-12(18)9-7-11/h6-10H,3-5H2,1-2H3,(H,19,20). The lowest BCUT2D eigenvalue weighted by atomic mass is 10.0. The van der Waals surface area contributed by atoms with E-state index in [1.807, 2.05) is 36.6 Å². The van der Waals surface area contributed by atoms with Crippen molar-refractivity contribution < 1.29 is 14.3 Å². The lowest BCUT2D eigenvalue weighted by Crippen LogP contribution is -2.13. The molecule has 0 saturated carbocycles. The lowest BCUT2D eigenvalue weighted by molar-refractivity contribution is -0.116. The van der Waals surface area contributed by atoms with Gasteiger partial charge in [0.05, 0.1) is 7.11 Å². The Morgan fingerprint density at radius 2 is 1.96 bits per heavy atom. The molecule has 1 aromatic heterocycles. The van der Waals surface area contributed by atoms with E-state index in [4.69, 9.17) is 4.74 Å². The Morgan fingerprint density at radius 3 is 2.57 bits per heavy atom. The number of benzene rings is 1. The van der Waals surface area contributed by atoms with E-state index in [0.717, 1.165) is 28.4 Å². The molecule has 0 atom stereocenters. The van der Waals surface area contributed by atoms with Crippen LogP contribution < -0.4 is 5.32 Å². The average Bonchev–Trinajstić information content (AvgIpc) is 2.96. The van der Waals surface area contributed by atoms with E-state index >= 15 is 0 Å². The van der Waals surface area contributed by atoms with Crippen LogP contribution in [-0.4, -0.2) is 19.0 Å². The number of amides is 1. The number of unbranched alkanes of at least 4 members (excludes halogenated alkanes) is 1. The van der Waals surface area contributed by atoms with Crippen LogP contribution in [0.3, 0.4) is 0 Å². The smallest absolute Gasteiger partial charge is 0.341 e. The summed E-state index contributed by atoms with van der Waals surface area (Å²) < 4.78 is 5.85. The van der Waals surface area contributed by atoms with Crippen LogP contribution in [0.5, 0.6) is 0 Å². The van der Waals surface area contributed by atoms with Crippen LogP contribution in [0.2, 0.25) is 0 Å². The molecule has 122 valence electrons. The highest BCUT2D eigenvalue weighted by molar-refractivity contribution is 9.10. The largest absolute Gasteiger partial charge is 0.465 e. The van der Waals surface area contributed by atoms with Crippen molar-refractivity contribution in [2.24, 2.45) is 0 Å². The van der Waals surface area contributed by atoms with Gasteiger partial charge in [0.2, 0.25) is 5.91 Å². The monoisotopic (exact) mass is 395 g/mol.